The van der Waals surface area contributed by atoms with E-state index in [1.807, 2.05) is 6.07 Å². The van der Waals surface area contributed by atoms with E-state index in [4.69, 9.17) is 5.84 Å². The highest BCUT2D eigenvalue weighted by atomic mass is 15.5. The maximum absolute atomic E-state index is 5.48. The third-order valence-corrected chi connectivity index (χ3v) is 3.17. The molecular weight excluding hydrogens is 240 g/mol. The number of hydrogen-bond acceptors (Lipinski definition) is 6. The first-order valence-electron chi connectivity index (χ1n) is 6.87. The first-order valence-corrected chi connectivity index (χ1v) is 6.87. The normalized spacial score (nSPS) is 17.3. The van der Waals surface area contributed by atoms with Crippen molar-refractivity contribution < 1.29 is 0 Å². The van der Waals surface area contributed by atoms with E-state index in [1.54, 1.807) is 0 Å². The summed E-state index contributed by atoms with van der Waals surface area (Å²) in [4.78, 5) is 9.00. The average Bonchev–Trinajstić information content (AvgIpc) is 2.38. The van der Waals surface area contributed by atoms with Crippen LogP contribution in [0.5, 0.6) is 0 Å². The van der Waals surface area contributed by atoms with Crippen LogP contribution >= 0.6 is 0 Å². The molecular formula is C13H24N6. The number of piperidine rings is 1. The number of nitrogens with one attached hydrogen (secondary N) is 2. The van der Waals surface area contributed by atoms with Crippen molar-refractivity contribution in [3.63, 3.8) is 0 Å². The summed E-state index contributed by atoms with van der Waals surface area (Å²) in [5.74, 6) is 7.70. The Bertz CT molecular complexity index is 420. The van der Waals surface area contributed by atoms with Crippen molar-refractivity contribution in [3.05, 3.63) is 11.9 Å². The number of rotatable bonds is 3. The molecule has 0 aliphatic carbocycles. The molecule has 0 saturated carbocycles. The van der Waals surface area contributed by atoms with Gasteiger partial charge in [0.2, 0.25) is 0 Å². The molecule has 0 atom stereocenters. The fraction of sp³-hybridized carbons (Fsp3) is 0.692. The molecule has 6 nitrogen and oxygen atoms in total. The van der Waals surface area contributed by atoms with Crippen molar-refractivity contribution in [2.45, 2.75) is 45.4 Å². The van der Waals surface area contributed by atoms with Gasteiger partial charge in [-0.2, -0.15) is 0 Å². The lowest BCUT2D eigenvalue weighted by molar-refractivity contribution is 0.272. The summed E-state index contributed by atoms with van der Waals surface area (Å²) >= 11 is 0. The van der Waals surface area contributed by atoms with Gasteiger partial charge in [-0.25, -0.2) is 20.8 Å². The van der Waals surface area contributed by atoms with Gasteiger partial charge in [-0.1, -0.05) is 27.2 Å². The van der Waals surface area contributed by atoms with Crippen LogP contribution in [0.1, 0.15) is 45.9 Å². The Morgan fingerprint density at radius 2 is 1.74 bits per heavy atom. The first-order chi connectivity index (χ1) is 8.99. The second-order valence-corrected chi connectivity index (χ2v) is 6.02. The van der Waals surface area contributed by atoms with Crippen LogP contribution in [-0.4, -0.2) is 28.1 Å². The molecule has 0 radical (unpaired) electrons. The van der Waals surface area contributed by atoms with Crippen molar-refractivity contribution >= 4 is 11.6 Å². The van der Waals surface area contributed by atoms with Gasteiger partial charge in [0, 0.05) is 24.6 Å². The van der Waals surface area contributed by atoms with Gasteiger partial charge in [0.15, 0.2) is 0 Å². The largest absolute Gasteiger partial charge is 0.308 e. The van der Waals surface area contributed by atoms with E-state index in [1.165, 1.54) is 19.3 Å². The Morgan fingerprint density at radius 1 is 1.11 bits per heavy atom. The summed E-state index contributed by atoms with van der Waals surface area (Å²) in [5.41, 5.74) is 5.86. The SMILES string of the molecule is CC(C)(C)c1nc(NN)cc(NN2CCCCC2)n1. The third-order valence-electron chi connectivity index (χ3n) is 3.17. The van der Waals surface area contributed by atoms with Gasteiger partial charge in [-0.05, 0) is 12.8 Å². The minimum absolute atomic E-state index is 0.106. The Kier molecular flexibility index (Phi) is 4.21. The zero-order chi connectivity index (χ0) is 13.9. The van der Waals surface area contributed by atoms with E-state index in [2.05, 4.69) is 46.6 Å². The van der Waals surface area contributed by atoms with Gasteiger partial charge >= 0.3 is 0 Å². The maximum atomic E-state index is 5.48. The van der Waals surface area contributed by atoms with Crippen LogP contribution in [0.4, 0.5) is 11.6 Å². The molecule has 1 saturated heterocycles. The zero-order valence-corrected chi connectivity index (χ0v) is 12.0. The molecule has 19 heavy (non-hydrogen) atoms. The highest BCUT2D eigenvalue weighted by Crippen LogP contribution is 2.22. The quantitative estimate of drug-likeness (QED) is 0.571. The highest BCUT2D eigenvalue weighted by molar-refractivity contribution is 5.47. The van der Waals surface area contributed by atoms with Crippen molar-refractivity contribution in [2.75, 3.05) is 23.9 Å². The lowest BCUT2D eigenvalue weighted by atomic mass is 9.96. The topological polar surface area (TPSA) is 79.1 Å². The number of anilines is 2. The molecule has 0 spiro atoms. The molecule has 0 aromatic carbocycles. The van der Waals surface area contributed by atoms with Crippen LogP contribution in [-0.2, 0) is 5.41 Å². The molecule has 0 amide bonds. The molecule has 4 N–H and O–H groups in total. The van der Waals surface area contributed by atoms with Gasteiger partial charge in [-0.3, -0.25) is 0 Å². The van der Waals surface area contributed by atoms with Gasteiger partial charge in [0.05, 0.1) is 0 Å². The van der Waals surface area contributed by atoms with Crippen LogP contribution in [0.25, 0.3) is 0 Å². The molecule has 1 fully saturated rings. The van der Waals surface area contributed by atoms with E-state index in [0.717, 1.165) is 24.7 Å². The predicted octanol–water partition coefficient (Wildman–Crippen LogP) is 1.87. The van der Waals surface area contributed by atoms with E-state index in [9.17, 15) is 0 Å². The number of nitrogen functional groups attached to an aromatic ring is 1. The Labute approximate surface area is 114 Å². The van der Waals surface area contributed by atoms with Crippen LogP contribution in [0.2, 0.25) is 0 Å². The van der Waals surface area contributed by atoms with E-state index < -0.39 is 0 Å². The van der Waals surface area contributed by atoms with Crippen molar-refractivity contribution in [1.82, 2.24) is 15.0 Å². The number of hydrogen-bond donors (Lipinski definition) is 3. The molecule has 2 heterocycles. The zero-order valence-electron chi connectivity index (χ0n) is 12.0. The Morgan fingerprint density at radius 3 is 2.32 bits per heavy atom. The lowest BCUT2D eigenvalue weighted by Crippen LogP contribution is -2.35. The highest BCUT2D eigenvalue weighted by Gasteiger charge is 2.20. The fourth-order valence-electron chi connectivity index (χ4n) is 2.08. The van der Waals surface area contributed by atoms with E-state index >= 15 is 0 Å². The number of nitrogens with two attached hydrogens (primary N) is 1. The molecule has 2 rings (SSSR count). The lowest BCUT2D eigenvalue weighted by Gasteiger charge is -2.28. The maximum Gasteiger partial charge on any atom is 0.146 e. The molecule has 106 valence electrons. The van der Waals surface area contributed by atoms with Crippen molar-refractivity contribution in [2.24, 2.45) is 5.84 Å². The van der Waals surface area contributed by atoms with Crippen LogP contribution in [0.3, 0.4) is 0 Å². The first kappa shape index (κ1) is 14.0. The summed E-state index contributed by atoms with van der Waals surface area (Å²) in [5, 5.41) is 2.21. The molecule has 1 aliphatic rings. The number of aromatic nitrogens is 2. The minimum Gasteiger partial charge on any atom is -0.308 e. The molecule has 0 bridgehead atoms. The second-order valence-electron chi connectivity index (χ2n) is 6.02. The molecule has 1 aromatic heterocycles. The summed E-state index contributed by atoms with van der Waals surface area (Å²) < 4.78 is 0. The van der Waals surface area contributed by atoms with Gasteiger partial charge in [0.1, 0.15) is 17.5 Å². The Hall–Kier alpha value is -1.40. The minimum atomic E-state index is -0.106. The van der Waals surface area contributed by atoms with Gasteiger partial charge in [-0.15, -0.1) is 0 Å². The summed E-state index contributed by atoms with van der Waals surface area (Å²) in [6, 6.07) is 1.84. The van der Waals surface area contributed by atoms with Gasteiger partial charge < -0.3 is 10.9 Å². The monoisotopic (exact) mass is 264 g/mol. The number of hydrazine groups is 2. The summed E-state index contributed by atoms with van der Waals surface area (Å²) in [6.07, 6.45) is 3.77. The summed E-state index contributed by atoms with van der Waals surface area (Å²) in [7, 11) is 0. The standard InChI is InChI=1S/C13H24N6/c1-13(2,3)12-15-10(17-14)9-11(16-12)18-19-7-5-4-6-8-19/h9H,4-8,14H2,1-3H3,(H2,15,16,17,18). The van der Waals surface area contributed by atoms with Crippen LogP contribution in [0.15, 0.2) is 6.07 Å². The second kappa shape index (κ2) is 5.71. The Balaban J connectivity index is 2.19. The van der Waals surface area contributed by atoms with Gasteiger partial charge in [0.25, 0.3) is 0 Å². The van der Waals surface area contributed by atoms with Crippen LogP contribution < -0.4 is 16.7 Å². The third kappa shape index (κ3) is 3.78. The average molecular weight is 264 g/mol. The molecule has 0 unspecified atom stereocenters. The predicted molar refractivity (Wildman–Crippen MR) is 77.6 cm³/mol. The molecule has 1 aliphatic heterocycles. The van der Waals surface area contributed by atoms with Crippen molar-refractivity contribution in [1.29, 1.82) is 0 Å². The van der Waals surface area contributed by atoms with Crippen molar-refractivity contribution in [3.8, 4) is 0 Å². The smallest absolute Gasteiger partial charge is 0.146 e. The van der Waals surface area contributed by atoms with Crippen LogP contribution in [0, 0.1) is 0 Å². The fourth-order valence-corrected chi connectivity index (χ4v) is 2.08. The number of nitrogens with zero attached hydrogens (tertiary/aromatic N) is 3. The van der Waals surface area contributed by atoms with E-state index in [-0.39, 0.29) is 5.41 Å². The molecule has 6 heteroatoms. The van der Waals surface area contributed by atoms with E-state index in [0.29, 0.717) is 5.82 Å². The molecule has 1 aromatic rings. The summed E-state index contributed by atoms with van der Waals surface area (Å²) in [6.45, 7) is 8.38.